The second kappa shape index (κ2) is 7.77. The second-order valence-corrected chi connectivity index (χ2v) is 6.30. The van der Waals surface area contributed by atoms with E-state index in [2.05, 4.69) is 18.7 Å². The van der Waals surface area contributed by atoms with E-state index in [-0.39, 0.29) is 6.10 Å². The quantitative estimate of drug-likeness (QED) is 0.838. The molecule has 1 aromatic rings. The molecule has 118 valence electrons. The van der Waals surface area contributed by atoms with E-state index in [9.17, 15) is 9.90 Å². The Labute approximate surface area is 129 Å². The minimum Gasteiger partial charge on any atom is -0.489 e. The molecule has 0 aromatic carbocycles. The Kier molecular flexibility index (Phi) is 6.02. The molecule has 1 unspecified atom stereocenters. The second-order valence-electron chi connectivity index (χ2n) is 5.16. The van der Waals surface area contributed by atoms with Crippen molar-refractivity contribution in [2.75, 3.05) is 32.8 Å². The van der Waals surface area contributed by atoms with Gasteiger partial charge < -0.3 is 14.6 Å². The van der Waals surface area contributed by atoms with Crippen molar-refractivity contribution in [1.29, 1.82) is 0 Å². The van der Waals surface area contributed by atoms with Crippen molar-refractivity contribution in [1.82, 2.24) is 4.90 Å². The number of carboxylic acids is 1. The van der Waals surface area contributed by atoms with Crippen LogP contribution >= 0.6 is 11.3 Å². The van der Waals surface area contributed by atoms with Gasteiger partial charge in [-0.1, -0.05) is 20.3 Å². The fourth-order valence-electron chi connectivity index (χ4n) is 2.40. The Bertz CT molecular complexity index is 474. The molecule has 1 N–H and O–H groups in total. The third-order valence-electron chi connectivity index (χ3n) is 3.53. The van der Waals surface area contributed by atoms with Gasteiger partial charge in [0.05, 0.1) is 6.61 Å². The molecule has 5 nitrogen and oxygen atoms in total. The normalized spacial score (nSPS) is 19.6. The minimum absolute atomic E-state index is 0.00914. The fraction of sp³-hybridized carbons (Fsp3) is 0.667. The van der Waals surface area contributed by atoms with E-state index in [1.807, 2.05) is 6.07 Å². The molecule has 1 aromatic heterocycles. The Morgan fingerprint density at radius 2 is 2.38 bits per heavy atom. The van der Waals surface area contributed by atoms with Crippen LogP contribution in [-0.4, -0.2) is 54.9 Å². The standard InChI is InChI=1S/C15H23NO4S/c1-3-5-12-8-13(14(21-12)15(17)18)20-10-11-9-16(4-2)6-7-19-11/h8,11H,3-7,9-10H2,1-2H3,(H,17,18). The lowest BCUT2D eigenvalue weighted by Crippen LogP contribution is -2.44. The van der Waals surface area contributed by atoms with Gasteiger partial charge in [-0.05, 0) is 19.0 Å². The summed E-state index contributed by atoms with van der Waals surface area (Å²) in [7, 11) is 0. The van der Waals surface area contributed by atoms with Gasteiger partial charge in [0.25, 0.3) is 0 Å². The number of likely N-dealkylation sites (N-methyl/N-ethyl adjacent to an activating group) is 1. The first-order valence-corrected chi connectivity index (χ1v) is 8.28. The van der Waals surface area contributed by atoms with Crippen LogP contribution < -0.4 is 4.74 Å². The van der Waals surface area contributed by atoms with Crippen molar-refractivity contribution in [3.63, 3.8) is 0 Å². The lowest BCUT2D eigenvalue weighted by Gasteiger charge is -2.31. The Hall–Kier alpha value is -1.11. The van der Waals surface area contributed by atoms with E-state index in [4.69, 9.17) is 9.47 Å². The molecule has 1 fully saturated rings. The van der Waals surface area contributed by atoms with Crippen molar-refractivity contribution in [3.05, 3.63) is 15.8 Å². The number of hydrogen-bond acceptors (Lipinski definition) is 5. The molecule has 1 atom stereocenters. The molecule has 1 saturated heterocycles. The number of ether oxygens (including phenoxy) is 2. The van der Waals surface area contributed by atoms with Gasteiger partial charge in [-0.3, -0.25) is 4.90 Å². The average Bonchev–Trinajstić information content (AvgIpc) is 2.89. The van der Waals surface area contributed by atoms with Crippen LogP contribution in [-0.2, 0) is 11.2 Å². The smallest absolute Gasteiger partial charge is 0.349 e. The van der Waals surface area contributed by atoms with E-state index in [1.165, 1.54) is 11.3 Å². The molecule has 0 aliphatic carbocycles. The number of carboxylic acid groups (broad SMARTS) is 1. The summed E-state index contributed by atoms with van der Waals surface area (Å²) >= 11 is 1.31. The summed E-state index contributed by atoms with van der Waals surface area (Å²) < 4.78 is 11.4. The highest BCUT2D eigenvalue weighted by Gasteiger charge is 2.22. The van der Waals surface area contributed by atoms with Gasteiger partial charge >= 0.3 is 5.97 Å². The van der Waals surface area contributed by atoms with Crippen LogP contribution in [0.1, 0.15) is 34.8 Å². The van der Waals surface area contributed by atoms with Gasteiger partial charge in [-0.25, -0.2) is 4.79 Å². The molecule has 1 aliphatic rings. The molecular weight excluding hydrogens is 290 g/mol. The van der Waals surface area contributed by atoms with Gasteiger partial charge in [-0.2, -0.15) is 0 Å². The summed E-state index contributed by atoms with van der Waals surface area (Å²) in [6, 6.07) is 1.86. The molecule has 21 heavy (non-hydrogen) atoms. The average molecular weight is 313 g/mol. The molecule has 1 aliphatic heterocycles. The fourth-order valence-corrected chi connectivity index (χ4v) is 3.44. The number of rotatable bonds is 7. The summed E-state index contributed by atoms with van der Waals surface area (Å²) in [5.41, 5.74) is 0. The van der Waals surface area contributed by atoms with Crippen LogP contribution in [0.2, 0.25) is 0 Å². The third-order valence-corrected chi connectivity index (χ3v) is 4.70. The number of morpholine rings is 1. The summed E-state index contributed by atoms with van der Waals surface area (Å²) in [5.74, 6) is -0.440. The number of aromatic carboxylic acids is 1. The highest BCUT2D eigenvalue weighted by Crippen LogP contribution is 2.30. The molecule has 0 spiro atoms. The maximum Gasteiger partial charge on any atom is 0.349 e. The first kappa shape index (κ1) is 16.3. The van der Waals surface area contributed by atoms with Crippen molar-refractivity contribution in [3.8, 4) is 5.75 Å². The number of aryl methyl sites for hydroxylation is 1. The predicted molar refractivity (Wildman–Crippen MR) is 82.6 cm³/mol. The maximum atomic E-state index is 11.3. The van der Waals surface area contributed by atoms with Crippen LogP contribution in [0.3, 0.4) is 0 Å². The van der Waals surface area contributed by atoms with Crippen molar-refractivity contribution in [2.24, 2.45) is 0 Å². The van der Waals surface area contributed by atoms with Gasteiger partial charge in [0, 0.05) is 18.0 Å². The zero-order valence-electron chi connectivity index (χ0n) is 12.6. The van der Waals surface area contributed by atoms with Crippen LogP contribution in [0.5, 0.6) is 5.75 Å². The van der Waals surface area contributed by atoms with E-state index in [0.29, 0.717) is 23.8 Å². The molecule has 0 saturated carbocycles. The van der Waals surface area contributed by atoms with Crippen LogP contribution in [0, 0.1) is 0 Å². The Morgan fingerprint density at radius 1 is 1.57 bits per heavy atom. The summed E-state index contributed by atoms with van der Waals surface area (Å²) in [6.07, 6.45) is 1.89. The topological polar surface area (TPSA) is 59.0 Å². The lowest BCUT2D eigenvalue weighted by molar-refractivity contribution is -0.0464. The van der Waals surface area contributed by atoms with Crippen LogP contribution in [0.15, 0.2) is 6.07 Å². The van der Waals surface area contributed by atoms with Crippen LogP contribution in [0.25, 0.3) is 0 Å². The summed E-state index contributed by atoms with van der Waals surface area (Å²) in [5, 5.41) is 9.26. The number of carbonyl (C=O) groups is 1. The first-order valence-electron chi connectivity index (χ1n) is 7.46. The SMILES string of the molecule is CCCc1cc(OCC2CN(CC)CCO2)c(C(=O)O)s1. The number of thiophene rings is 1. The number of hydrogen-bond donors (Lipinski definition) is 1. The van der Waals surface area contributed by atoms with Gasteiger partial charge in [0.1, 0.15) is 18.5 Å². The van der Waals surface area contributed by atoms with Crippen molar-refractivity contribution < 1.29 is 19.4 Å². The monoisotopic (exact) mass is 313 g/mol. The van der Waals surface area contributed by atoms with Crippen molar-refractivity contribution in [2.45, 2.75) is 32.8 Å². The molecule has 6 heteroatoms. The molecule has 2 rings (SSSR count). The molecular formula is C15H23NO4S. The highest BCUT2D eigenvalue weighted by atomic mass is 32.1. The molecule has 0 amide bonds. The molecule has 0 bridgehead atoms. The largest absolute Gasteiger partial charge is 0.489 e. The molecule has 0 radical (unpaired) electrons. The van der Waals surface area contributed by atoms with Gasteiger partial charge in [0.2, 0.25) is 0 Å². The summed E-state index contributed by atoms with van der Waals surface area (Å²) in [4.78, 5) is 14.9. The van der Waals surface area contributed by atoms with E-state index >= 15 is 0 Å². The Balaban J connectivity index is 1.96. The highest BCUT2D eigenvalue weighted by molar-refractivity contribution is 7.14. The first-order chi connectivity index (χ1) is 10.1. The maximum absolute atomic E-state index is 11.3. The Morgan fingerprint density at radius 3 is 3.05 bits per heavy atom. The van der Waals surface area contributed by atoms with Crippen LogP contribution in [0.4, 0.5) is 0 Å². The number of nitrogens with zero attached hydrogens (tertiary/aromatic N) is 1. The zero-order chi connectivity index (χ0) is 15.2. The lowest BCUT2D eigenvalue weighted by atomic mass is 10.2. The third kappa shape index (κ3) is 4.43. The van der Waals surface area contributed by atoms with E-state index in [1.54, 1.807) is 0 Å². The van der Waals surface area contributed by atoms with E-state index in [0.717, 1.165) is 37.4 Å². The van der Waals surface area contributed by atoms with Gasteiger partial charge in [-0.15, -0.1) is 11.3 Å². The van der Waals surface area contributed by atoms with E-state index < -0.39 is 5.97 Å². The summed E-state index contributed by atoms with van der Waals surface area (Å²) in [6.45, 7) is 8.10. The zero-order valence-corrected chi connectivity index (χ0v) is 13.4. The minimum atomic E-state index is -0.919. The van der Waals surface area contributed by atoms with Crippen molar-refractivity contribution >= 4 is 17.3 Å². The predicted octanol–water partition coefficient (Wildman–Crippen LogP) is 2.50. The molecule has 2 heterocycles. The van der Waals surface area contributed by atoms with Gasteiger partial charge in [0.15, 0.2) is 4.88 Å².